The van der Waals surface area contributed by atoms with Gasteiger partial charge in [0.05, 0.1) is 0 Å². The first-order valence-electron chi connectivity index (χ1n) is 5.24. The number of carbonyl (C=O) groups excluding carboxylic acids is 1. The van der Waals surface area contributed by atoms with Crippen molar-refractivity contribution in [2.45, 2.75) is 11.7 Å². The monoisotopic (exact) mass is 264 g/mol. The Labute approximate surface area is 108 Å². The van der Waals surface area contributed by atoms with E-state index in [1.54, 1.807) is 11.8 Å². The van der Waals surface area contributed by atoms with Crippen molar-refractivity contribution in [3.8, 4) is 11.3 Å². The Bertz CT molecular complexity index is 577. The standard InChI is InChI=1S/C12H9ClN2OS/c13-9-3-1-8(2-4-9)11-10(7-16)15-5-6-17-12(15)14-11/h1-4,7H,5-6H2. The molecule has 1 aliphatic rings. The average molecular weight is 265 g/mol. The van der Waals surface area contributed by atoms with Gasteiger partial charge in [-0.1, -0.05) is 35.5 Å². The zero-order valence-corrected chi connectivity index (χ0v) is 10.5. The second kappa shape index (κ2) is 4.20. The van der Waals surface area contributed by atoms with E-state index in [9.17, 15) is 4.79 Å². The fraction of sp³-hybridized carbons (Fsp3) is 0.167. The lowest BCUT2D eigenvalue weighted by molar-refractivity contribution is 0.111. The zero-order valence-electron chi connectivity index (χ0n) is 8.89. The molecule has 17 heavy (non-hydrogen) atoms. The fourth-order valence-corrected chi connectivity index (χ4v) is 3.02. The molecule has 1 aromatic carbocycles. The van der Waals surface area contributed by atoms with Gasteiger partial charge < -0.3 is 4.57 Å². The second-order valence-electron chi connectivity index (χ2n) is 3.75. The predicted octanol–water partition coefficient (Wildman–Crippen LogP) is 3.12. The minimum atomic E-state index is 0.660. The second-order valence-corrected chi connectivity index (χ2v) is 5.25. The number of thioether (sulfide) groups is 1. The molecule has 0 unspecified atom stereocenters. The van der Waals surface area contributed by atoms with Crippen LogP contribution in [0.1, 0.15) is 10.5 Å². The number of imidazole rings is 1. The van der Waals surface area contributed by atoms with Crippen LogP contribution in [0, 0.1) is 0 Å². The Morgan fingerprint density at radius 2 is 2.12 bits per heavy atom. The van der Waals surface area contributed by atoms with E-state index in [-0.39, 0.29) is 0 Å². The summed E-state index contributed by atoms with van der Waals surface area (Å²) in [5.74, 6) is 0.990. The van der Waals surface area contributed by atoms with Crippen molar-refractivity contribution in [1.82, 2.24) is 9.55 Å². The third-order valence-corrected chi connectivity index (χ3v) is 3.96. The number of aldehydes is 1. The topological polar surface area (TPSA) is 34.9 Å². The Morgan fingerprint density at radius 1 is 1.35 bits per heavy atom. The third kappa shape index (κ3) is 1.77. The van der Waals surface area contributed by atoms with Crippen molar-refractivity contribution in [3.05, 3.63) is 35.0 Å². The molecule has 0 saturated heterocycles. The van der Waals surface area contributed by atoms with Crippen molar-refractivity contribution < 1.29 is 4.79 Å². The van der Waals surface area contributed by atoms with Crippen LogP contribution in [0.25, 0.3) is 11.3 Å². The first-order chi connectivity index (χ1) is 8.29. The van der Waals surface area contributed by atoms with E-state index in [4.69, 9.17) is 11.6 Å². The molecule has 0 atom stereocenters. The van der Waals surface area contributed by atoms with Gasteiger partial charge in [-0.25, -0.2) is 4.98 Å². The number of hydrogen-bond donors (Lipinski definition) is 0. The van der Waals surface area contributed by atoms with Crippen LogP contribution >= 0.6 is 23.4 Å². The highest BCUT2D eigenvalue weighted by molar-refractivity contribution is 7.99. The number of carbonyl (C=O) groups is 1. The molecule has 0 spiro atoms. The van der Waals surface area contributed by atoms with Crippen LogP contribution in [-0.2, 0) is 6.54 Å². The van der Waals surface area contributed by atoms with Gasteiger partial charge in [-0.2, -0.15) is 0 Å². The molecular formula is C12H9ClN2OS. The molecule has 3 nitrogen and oxygen atoms in total. The lowest BCUT2D eigenvalue weighted by Gasteiger charge is -2.01. The number of nitrogens with zero attached hydrogens (tertiary/aromatic N) is 2. The third-order valence-electron chi connectivity index (χ3n) is 2.75. The number of aromatic nitrogens is 2. The maximum absolute atomic E-state index is 11.2. The normalized spacial score (nSPS) is 13.7. The molecule has 0 saturated carbocycles. The van der Waals surface area contributed by atoms with Gasteiger partial charge in [0.2, 0.25) is 0 Å². The number of hydrogen-bond acceptors (Lipinski definition) is 3. The molecule has 0 fully saturated rings. The van der Waals surface area contributed by atoms with Gasteiger partial charge in [0.25, 0.3) is 0 Å². The molecule has 5 heteroatoms. The highest BCUT2D eigenvalue weighted by Gasteiger charge is 2.21. The lowest BCUT2D eigenvalue weighted by atomic mass is 10.1. The van der Waals surface area contributed by atoms with Gasteiger partial charge in [-0.3, -0.25) is 4.79 Å². The van der Waals surface area contributed by atoms with Crippen molar-refractivity contribution in [1.29, 1.82) is 0 Å². The van der Waals surface area contributed by atoms with Crippen LogP contribution in [0.5, 0.6) is 0 Å². The van der Waals surface area contributed by atoms with E-state index in [1.807, 2.05) is 28.8 Å². The van der Waals surface area contributed by atoms with Crippen LogP contribution in [0.4, 0.5) is 0 Å². The molecule has 2 aromatic rings. The van der Waals surface area contributed by atoms with E-state index < -0.39 is 0 Å². The van der Waals surface area contributed by atoms with Crippen LogP contribution in [0.3, 0.4) is 0 Å². The maximum Gasteiger partial charge on any atom is 0.169 e. The van der Waals surface area contributed by atoms with E-state index in [0.717, 1.165) is 35.0 Å². The minimum Gasteiger partial charge on any atom is -0.315 e. The molecule has 3 rings (SSSR count). The molecule has 0 amide bonds. The molecule has 1 aliphatic heterocycles. The Hall–Kier alpha value is -1.26. The van der Waals surface area contributed by atoms with Crippen LogP contribution in [0.15, 0.2) is 29.4 Å². The molecule has 1 aromatic heterocycles. The minimum absolute atomic E-state index is 0.660. The smallest absolute Gasteiger partial charge is 0.169 e. The van der Waals surface area contributed by atoms with Gasteiger partial charge in [0.1, 0.15) is 11.4 Å². The average Bonchev–Trinajstić information content (AvgIpc) is 2.89. The summed E-state index contributed by atoms with van der Waals surface area (Å²) >= 11 is 7.53. The predicted molar refractivity (Wildman–Crippen MR) is 68.8 cm³/mol. The van der Waals surface area contributed by atoms with Crippen molar-refractivity contribution in [3.63, 3.8) is 0 Å². The zero-order chi connectivity index (χ0) is 11.8. The Kier molecular flexibility index (Phi) is 2.68. The summed E-state index contributed by atoms with van der Waals surface area (Å²) in [4.78, 5) is 15.7. The summed E-state index contributed by atoms with van der Waals surface area (Å²) in [5, 5.41) is 1.61. The Balaban J connectivity index is 2.15. The van der Waals surface area contributed by atoms with E-state index in [1.165, 1.54) is 0 Å². The highest BCUT2D eigenvalue weighted by atomic mass is 35.5. The van der Waals surface area contributed by atoms with Gasteiger partial charge >= 0.3 is 0 Å². The number of rotatable bonds is 2. The highest BCUT2D eigenvalue weighted by Crippen LogP contribution is 2.32. The van der Waals surface area contributed by atoms with E-state index in [0.29, 0.717) is 10.7 Å². The molecule has 2 heterocycles. The van der Waals surface area contributed by atoms with Gasteiger partial charge in [0, 0.05) is 22.9 Å². The number of benzene rings is 1. The number of fused-ring (bicyclic) bond motifs is 1. The van der Waals surface area contributed by atoms with Crippen molar-refractivity contribution in [2.75, 3.05) is 5.75 Å². The summed E-state index contributed by atoms with van der Waals surface area (Å²) in [6, 6.07) is 7.39. The molecule has 0 N–H and O–H groups in total. The summed E-state index contributed by atoms with van der Waals surface area (Å²) in [5.41, 5.74) is 2.34. The van der Waals surface area contributed by atoms with Crippen molar-refractivity contribution in [2.24, 2.45) is 0 Å². The molecular weight excluding hydrogens is 256 g/mol. The largest absolute Gasteiger partial charge is 0.315 e. The van der Waals surface area contributed by atoms with Gasteiger partial charge in [-0.05, 0) is 12.1 Å². The van der Waals surface area contributed by atoms with Gasteiger partial charge in [-0.15, -0.1) is 0 Å². The van der Waals surface area contributed by atoms with Crippen LogP contribution in [-0.4, -0.2) is 21.6 Å². The molecule has 0 radical (unpaired) electrons. The van der Waals surface area contributed by atoms with Crippen molar-refractivity contribution >= 4 is 29.6 Å². The lowest BCUT2D eigenvalue weighted by Crippen LogP contribution is -1.99. The molecule has 0 bridgehead atoms. The molecule has 86 valence electrons. The quantitative estimate of drug-likeness (QED) is 0.782. The van der Waals surface area contributed by atoms with Gasteiger partial charge in [0.15, 0.2) is 11.4 Å². The van der Waals surface area contributed by atoms with Crippen LogP contribution in [0.2, 0.25) is 5.02 Å². The van der Waals surface area contributed by atoms with Crippen LogP contribution < -0.4 is 0 Å². The summed E-state index contributed by atoms with van der Waals surface area (Å²) in [6.07, 6.45) is 0.881. The first-order valence-corrected chi connectivity index (χ1v) is 6.60. The maximum atomic E-state index is 11.2. The summed E-state index contributed by atoms with van der Waals surface area (Å²) < 4.78 is 1.97. The van der Waals surface area contributed by atoms with E-state index >= 15 is 0 Å². The summed E-state index contributed by atoms with van der Waals surface area (Å²) in [6.45, 7) is 0.856. The molecule has 0 aliphatic carbocycles. The number of halogens is 1. The fourth-order valence-electron chi connectivity index (χ4n) is 1.94. The Morgan fingerprint density at radius 3 is 2.82 bits per heavy atom. The first kappa shape index (κ1) is 10.9. The van der Waals surface area contributed by atoms with E-state index in [2.05, 4.69) is 4.98 Å². The summed E-state index contributed by atoms with van der Waals surface area (Å²) in [7, 11) is 0. The SMILES string of the molecule is O=Cc1c(-c2ccc(Cl)cc2)nc2n1CCS2.